The molecule has 3 heteroatoms. The van der Waals surface area contributed by atoms with Crippen LogP contribution in [0.15, 0.2) is 36.4 Å². The van der Waals surface area contributed by atoms with E-state index >= 15 is 0 Å². The van der Waals surface area contributed by atoms with E-state index in [1.165, 1.54) is 22.5 Å². The minimum absolute atomic E-state index is 0.126. The zero-order valence-corrected chi connectivity index (χ0v) is 13.1. The highest BCUT2D eigenvalue weighted by atomic mass is 16.1. The van der Waals surface area contributed by atoms with Crippen molar-refractivity contribution in [3.8, 4) is 0 Å². The largest absolute Gasteiger partial charge is 0.354 e. The van der Waals surface area contributed by atoms with Crippen molar-refractivity contribution in [3.05, 3.63) is 58.9 Å². The summed E-state index contributed by atoms with van der Waals surface area (Å²) in [6.45, 7) is 7.79. The number of carbonyl (C=O) groups excluding carboxylic acids is 1. The van der Waals surface area contributed by atoms with Crippen LogP contribution in [0.1, 0.15) is 28.9 Å². The summed E-state index contributed by atoms with van der Waals surface area (Å²) in [5, 5.41) is 3.01. The molecule has 0 bridgehead atoms. The summed E-state index contributed by atoms with van der Waals surface area (Å²) in [5.41, 5.74) is 4.98. The predicted octanol–water partition coefficient (Wildman–Crippen LogP) is 3.16. The van der Waals surface area contributed by atoms with Crippen LogP contribution in [-0.2, 0) is 17.8 Å². The van der Waals surface area contributed by atoms with Crippen molar-refractivity contribution in [2.24, 2.45) is 0 Å². The van der Waals surface area contributed by atoms with Gasteiger partial charge in [-0.25, -0.2) is 0 Å². The number of hydrogen-bond donors (Lipinski definition) is 1. The Morgan fingerprint density at radius 1 is 1.05 bits per heavy atom. The van der Waals surface area contributed by atoms with Gasteiger partial charge in [-0.15, -0.1) is 0 Å². The molecule has 1 amide bonds. The van der Waals surface area contributed by atoms with Gasteiger partial charge in [-0.05, 0) is 50.5 Å². The molecule has 0 fully saturated rings. The lowest BCUT2D eigenvalue weighted by molar-refractivity contribution is -0.121. The molecule has 1 N–H and O–H groups in total. The Labute approximate surface area is 127 Å². The van der Waals surface area contributed by atoms with E-state index in [1.54, 1.807) is 0 Å². The molecular weight excluding hydrogens is 260 g/mol. The van der Waals surface area contributed by atoms with E-state index in [2.05, 4.69) is 54.9 Å². The van der Waals surface area contributed by atoms with Gasteiger partial charge >= 0.3 is 0 Å². The maximum Gasteiger partial charge on any atom is 0.220 e. The molecule has 1 heterocycles. The molecule has 0 radical (unpaired) electrons. The highest BCUT2D eigenvalue weighted by Gasteiger charge is 2.05. The Balaban J connectivity index is 1.74. The van der Waals surface area contributed by atoms with E-state index in [-0.39, 0.29) is 5.91 Å². The Morgan fingerprint density at radius 3 is 2.38 bits per heavy atom. The quantitative estimate of drug-likeness (QED) is 0.868. The van der Waals surface area contributed by atoms with Crippen LogP contribution in [-0.4, -0.2) is 17.0 Å². The molecule has 0 unspecified atom stereocenters. The monoisotopic (exact) mass is 284 g/mol. The number of hydrogen-bond acceptors (Lipinski definition) is 1. The lowest BCUT2D eigenvalue weighted by Crippen LogP contribution is -2.27. The van der Waals surface area contributed by atoms with Gasteiger partial charge in [0.25, 0.3) is 0 Å². The molecule has 21 heavy (non-hydrogen) atoms. The van der Waals surface area contributed by atoms with Gasteiger partial charge in [0.2, 0.25) is 5.91 Å². The molecular formula is C18H24N2O. The van der Waals surface area contributed by atoms with Gasteiger partial charge in [-0.3, -0.25) is 4.79 Å². The molecule has 1 aromatic heterocycles. The molecule has 0 atom stereocenters. The summed E-state index contributed by atoms with van der Waals surface area (Å²) in [4.78, 5) is 11.9. The van der Waals surface area contributed by atoms with Crippen molar-refractivity contribution in [3.63, 3.8) is 0 Å². The Kier molecular flexibility index (Phi) is 5.20. The number of amides is 1. The van der Waals surface area contributed by atoms with Gasteiger partial charge < -0.3 is 9.88 Å². The first-order chi connectivity index (χ1) is 10.1. The maximum absolute atomic E-state index is 11.9. The van der Waals surface area contributed by atoms with E-state index in [4.69, 9.17) is 0 Å². The third-order valence-corrected chi connectivity index (χ3v) is 3.96. The first kappa shape index (κ1) is 15.4. The zero-order chi connectivity index (χ0) is 15.2. The van der Waals surface area contributed by atoms with E-state index < -0.39 is 0 Å². The third kappa shape index (κ3) is 4.22. The van der Waals surface area contributed by atoms with Crippen LogP contribution in [0.25, 0.3) is 0 Å². The minimum Gasteiger partial charge on any atom is -0.354 e. The Hall–Kier alpha value is -2.03. The number of nitrogens with zero attached hydrogens (tertiary/aromatic N) is 1. The Morgan fingerprint density at radius 2 is 1.71 bits per heavy atom. The summed E-state index contributed by atoms with van der Waals surface area (Å²) in [6.07, 6.45) is 1.36. The lowest BCUT2D eigenvalue weighted by atomic mass is 10.0. The second-order valence-corrected chi connectivity index (χ2v) is 5.54. The lowest BCUT2D eigenvalue weighted by Gasteiger charge is -2.11. The fourth-order valence-electron chi connectivity index (χ4n) is 2.59. The SMILES string of the molecule is Cc1ccccc1CCC(=O)NCCn1c(C)ccc1C. The molecule has 3 nitrogen and oxygen atoms in total. The van der Waals surface area contributed by atoms with E-state index in [0.717, 1.165) is 13.0 Å². The van der Waals surface area contributed by atoms with Crippen molar-refractivity contribution in [1.29, 1.82) is 0 Å². The number of carbonyl (C=O) groups is 1. The summed E-state index contributed by atoms with van der Waals surface area (Å²) in [6, 6.07) is 12.4. The van der Waals surface area contributed by atoms with E-state index in [0.29, 0.717) is 13.0 Å². The van der Waals surface area contributed by atoms with Gasteiger partial charge in [-0.2, -0.15) is 0 Å². The highest BCUT2D eigenvalue weighted by Crippen LogP contribution is 2.09. The van der Waals surface area contributed by atoms with Crippen LogP contribution in [0, 0.1) is 20.8 Å². The molecule has 0 aliphatic carbocycles. The summed E-state index contributed by atoms with van der Waals surface area (Å²) < 4.78 is 2.22. The van der Waals surface area contributed by atoms with Crippen LogP contribution in [0.3, 0.4) is 0 Å². The van der Waals surface area contributed by atoms with Crippen LogP contribution in [0.4, 0.5) is 0 Å². The predicted molar refractivity (Wildman–Crippen MR) is 86.4 cm³/mol. The molecule has 0 saturated carbocycles. The number of aryl methyl sites for hydroxylation is 4. The first-order valence-electron chi connectivity index (χ1n) is 7.52. The second kappa shape index (κ2) is 7.11. The summed E-state index contributed by atoms with van der Waals surface area (Å²) in [7, 11) is 0. The zero-order valence-electron chi connectivity index (χ0n) is 13.1. The molecule has 0 aliphatic rings. The average Bonchev–Trinajstić information content (AvgIpc) is 2.78. The first-order valence-corrected chi connectivity index (χ1v) is 7.52. The minimum atomic E-state index is 0.126. The molecule has 2 rings (SSSR count). The van der Waals surface area contributed by atoms with Gasteiger partial charge in [0.15, 0.2) is 0 Å². The second-order valence-electron chi connectivity index (χ2n) is 5.54. The van der Waals surface area contributed by atoms with Gasteiger partial charge in [0.1, 0.15) is 0 Å². The molecule has 2 aromatic rings. The summed E-state index contributed by atoms with van der Waals surface area (Å²) in [5.74, 6) is 0.126. The van der Waals surface area contributed by atoms with Crippen LogP contribution < -0.4 is 5.32 Å². The maximum atomic E-state index is 11.9. The van der Waals surface area contributed by atoms with Crippen LogP contribution >= 0.6 is 0 Å². The van der Waals surface area contributed by atoms with Crippen molar-refractivity contribution in [2.75, 3.05) is 6.54 Å². The van der Waals surface area contributed by atoms with Crippen molar-refractivity contribution in [1.82, 2.24) is 9.88 Å². The highest BCUT2D eigenvalue weighted by molar-refractivity contribution is 5.76. The third-order valence-electron chi connectivity index (χ3n) is 3.96. The fourth-order valence-corrected chi connectivity index (χ4v) is 2.59. The fraction of sp³-hybridized carbons (Fsp3) is 0.389. The Bertz CT molecular complexity index is 594. The summed E-state index contributed by atoms with van der Waals surface area (Å²) >= 11 is 0. The standard InChI is InChI=1S/C18H24N2O/c1-14-6-4-5-7-17(14)10-11-18(21)19-12-13-20-15(2)8-9-16(20)3/h4-9H,10-13H2,1-3H3,(H,19,21). The van der Waals surface area contributed by atoms with Gasteiger partial charge in [-0.1, -0.05) is 24.3 Å². The van der Waals surface area contributed by atoms with Gasteiger partial charge in [0.05, 0.1) is 0 Å². The molecule has 0 spiro atoms. The molecule has 0 aliphatic heterocycles. The van der Waals surface area contributed by atoms with Crippen molar-refractivity contribution in [2.45, 2.75) is 40.2 Å². The number of benzene rings is 1. The van der Waals surface area contributed by atoms with Crippen LogP contribution in [0.2, 0.25) is 0 Å². The van der Waals surface area contributed by atoms with Crippen molar-refractivity contribution < 1.29 is 4.79 Å². The van der Waals surface area contributed by atoms with E-state index in [9.17, 15) is 4.79 Å². The number of rotatable bonds is 6. The van der Waals surface area contributed by atoms with E-state index in [1.807, 2.05) is 12.1 Å². The van der Waals surface area contributed by atoms with Gasteiger partial charge in [0, 0.05) is 30.9 Å². The molecule has 112 valence electrons. The number of nitrogens with one attached hydrogen (secondary N) is 1. The smallest absolute Gasteiger partial charge is 0.220 e. The number of aromatic nitrogens is 1. The molecule has 0 saturated heterocycles. The molecule has 1 aromatic carbocycles. The topological polar surface area (TPSA) is 34.0 Å². The van der Waals surface area contributed by atoms with Crippen LogP contribution in [0.5, 0.6) is 0 Å². The average molecular weight is 284 g/mol. The van der Waals surface area contributed by atoms with Crippen molar-refractivity contribution >= 4 is 5.91 Å². The normalized spacial score (nSPS) is 10.6.